The second kappa shape index (κ2) is 6.55. The summed E-state index contributed by atoms with van der Waals surface area (Å²) in [5, 5.41) is 5.19. The summed E-state index contributed by atoms with van der Waals surface area (Å²) in [7, 11) is 0. The van der Waals surface area contributed by atoms with Gasteiger partial charge in [0.25, 0.3) is 0 Å². The van der Waals surface area contributed by atoms with E-state index in [0.29, 0.717) is 0 Å². The van der Waals surface area contributed by atoms with Crippen LogP contribution in [0.1, 0.15) is 0 Å². The molecule has 4 aromatic rings. The van der Waals surface area contributed by atoms with E-state index in [1.54, 1.807) is 0 Å². The summed E-state index contributed by atoms with van der Waals surface area (Å²) in [6.07, 6.45) is 0. The summed E-state index contributed by atoms with van der Waals surface area (Å²) in [6, 6.07) is 31.3. The fourth-order valence-electron chi connectivity index (χ4n) is 2.29. The highest BCUT2D eigenvalue weighted by Gasteiger charge is 1.90. The molecule has 1 heteroatoms. The average molecular weight is 335 g/mol. The highest BCUT2D eigenvalue weighted by Crippen LogP contribution is 2.18. The van der Waals surface area contributed by atoms with Crippen molar-refractivity contribution in [3.05, 3.63) is 95.5 Å². The van der Waals surface area contributed by atoms with Crippen LogP contribution in [0.3, 0.4) is 0 Å². The zero-order valence-corrected chi connectivity index (χ0v) is 13.1. The number of fused-ring (bicyclic) bond motifs is 2. The van der Waals surface area contributed by atoms with Crippen LogP contribution in [0, 0.1) is 0 Å². The monoisotopic (exact) mass is 334 g/mol. The molecule has 0 heterocycles. The highest BCUT2D eigenvalue weighted by molar-refractivity contribution is 9.10. The van der Waals surface area contributed by atoms with Gasteiger partial charge >= 0.3 is 0 Å². The molecule has 0 aliphatic carbocycles. The van der Waals surface area contributed by atoms with Crippen LogP contribution in [0.25, 0.3) is 21.5 Å². The van der Waals surface area contributed by atoms with E-state index in [-0.39, 0.29) is 0 Å². The molecule has 0 aromatic heterocycles. The van der Waals surface area contributed by atoms with Crippen LogP contribution in [-0.4, -0.2) is 0 Å². The molecule has 4 rings (SSSR count). The first kappa shape index (κ1) is 13.8. The minimum absolute atomic E-state index is 1.14. The van der Waals surface area contributed by atoms with Crippen molar-refractivity contribution in [3.63, 3.8) is 0 Å². The Hall–Kier alpha value is -2.12. The molecule has 0 fully saturated rings. The molecule has 0 N–H and O–H groups in total. The Balaban J connectivity index is 0.000000126. The fraction of sp³-hybridized carbons (Fsp3) is 0. The molecule has 0 nitrogen and oxygen atoms in total. The third-order valence-electron chi connectivity index (χ3n) is 3.37. The first-order valence-corrected chi connectivity index (χ1v) is 7.70. The Morgan fingerprint density at radius 3 is 1.29 bits per heavy atom. The van der Waals surface area contributed by atoms with Crippen molar-refractivity contribution in [2.75, 3.05) is 0 Å². The van der Waals surface area contributed by atoms with Crippen molar-refractivity contribution in [3.8, 4) is 0 Å². The number of hydrogen-bond donors (Lipinski definition) is 0. The third-order valence-corrected chi connectivity index (χ3v) is 3.86. The second-order valence-corrected chi connectivity index (χ2v) is 5.75. The second-order valence-electron chi connectivity index (χ2n) is 4.84. The first-order valence-electron chi connectivity index (χ1n) is 6.91. The largest absolute Gasteiger partial charge is 0.0616 e. The normalized spacial score (nSPS) is 10.1. The van der Waals surface area contributed by atoms with Crippen molar-refractivity contribution in [1.82, 2.24) is 0 Å². The van der Waals surface area contributed by atoms with Gasteiger partial charge in [-0.25, -0.2) is 0 Å². The van der Waals surface area contributed by atoms with Crippen LogP contribution in [0.5, 0.6) is 0 Å². The van der Waals surface area contributed by atoms with E-state index < -0.39 is 0 Å². The van der Waals surface area contributed by atoms with Crippen molar-refractivity contribution < 1.29 is 0 Å². The van der Waals surface area contributed by atoms with Gasteiger partial charge < -0.3 is 0 Å². The molecule has 0 atom stereocenters. The van der Waals surface area contributed by atoms with Gasteiger partial charge in [0.2, 0.25) is 0 Å². The first-order chi connectivity index (χ1) is 10.3. The van der Waals surface area contributed by atoms with Crippen molar-refractivity contribution in [2.24, 2.45) is 0 Å². The summed E-state index contributed by atoms with van der Waals surface area (Å²) in [5.74, 6) is 0. The number of halogens is 1. The Bertz CT molecular complexity index is 800. The van der Waals surface area contributed by atoms with Gasteiger partial charge in [0.05, 0.1) is 0 Å². The van der Waals surface area contributed by atoms with Crippen molar-refractivity contribution in [2.45, 2.75) is 0 Å². The van der Waals surface area contributed by atoms with Gasteiger partial charge in [0, 0.05) is 4.47 Å². The lowest BCUT2D eigenvalue weighted by molar-refractivity contribution is 1.70. The van der Waals surface area contributed by atoms with E-state index in [1.165, 1.54) is 21.5 Å². The van der Waals surface area contributed by atoms with Gasteiger partial charge in [-0.05, 0) is 33.7 Å². The summed E-state index contributed by atoms with van der Waals surface area (Å²) in [6.45, 7) is 0. The molecule has 0 radical (unpaired) electrons. The van der Waals surface area contributed by atoms with Gasteiger partial charge in [-0.2, -0.15) is 0 Å². The summed E-state index contributed by atoms with van der Waals surface area (Å²) in [5.41, 5.74) is 0. The summed E-state index contributed by atoms with van der Waals surface area (Å²) in [4.78, 5) is 0. The fourth-order valence-corrected chi connectivity index (χ4v) is 2.67. The Labute approximate surface area is 133 Å². The zero-order valence-electron chi connectivity index (χ0n) is 11.5. The Kier molecular flexibility index (Phi) is 4.32. The molecule has 102 valence electrons. The molecule has 0 spiro atoms. The number of rotatable bonds is 0. The smallest absolute Gasteiger partial charge is 0.0181 e. The maximum absolute atomic E-state index is 3.43. The van der Waals surface area contributed by atoms with E-state index in [1.807, 2.05) is 0 Å². The van der Waals surface area contributed by atoms with Gasteiger partial charge in [0.15, 0.2) is 0 Å². The third kappa shape index (κ3) is 3.50. The molecule has 0 aliphatic heterocycles. The Morgan fingerprint density at radius 2 is 0.810 bits per heavy atom. The van der Waals surface area contributed by atoms with Crippen molar-refractivity contribution in [1.29, 1.82) is 0 Å². The molecule has 0 unspecified atom stereocenters. The SMILES string of the molecule is Brc1ccc2ccccc2c1.c1ccc2ccccc2c1. The van der Waals surface area contributed by atoms with Gasteiger partial charge in [-0.15, -0.1) is 0 Å². The molecule has 0 saturated heterocycles. The molecule has 0 aliphatic rings. The van der Waals surface area contributed by atoms with Gasteiger partial charge in [-0.1, -0.05) is 94.8 Å². The molecule has 4 aromatic carbocycles. The minimum atomic E-state index is 1.14. The van der Waals surface area contributed by atoms with Crippen LogP contribution >= 0.6 is 15.9 Å². The molecular formula is C20H15Br. The lowest BCUT2D eigenvalue weighted by Crippen LogP contribution is -1.69. The highest BCUT2D eigenvalue weighted by atomic mass is 79.9. The summed E-state index contributed by atoms with van der Waals surface area (Å²) < 4.78 is 1.14. The van der Waals surface area contributed by atoms with E-state index in [0.717, 1.165) is 4.47 Å². The minimum Gasteiger partial charge on any atom is -0.0616 e. The van der Waals surface area contributed by atoms with Crippen LogP contribution in [0.15, 0.2) is 95.5 Å². The average Bonchev–Trinajstić information content (AvgIpc) is 2.55. The van der Waals surface area contributed by atoms with Crippen molar-refractivity contribution >= 4 is 37.5 Å². The van der Waals surface area contributed by atoms with Crippen LogP contribution in [-0.2, 0) is 0 Å². The zero-order chi connectivity index (χ0) is 14.5. The Morgan fingerprint density at radius 1 is 0.429 bits per heavy atom. The topological polar surface area (TPSA) is 0 Å². The lowest BCUT2D eigenvalue weighted by Gasteiger charge is -1.95. The van der Waals surface area contributed by atoms with E-state index in [2.05, 4.69) is 107 Å². The van der Waals surface area contributed by atoms with Crippen LogP contribution < -0.4 is 0 Å². The van der Waals surface area contributed by atoms with Crippen LogP contribution in [0.4, 0.5) is 0 Å². The van der Waals surface area contributed by atoms with E-state index in [4.69, 9.17) is 0 Å². The molecule has 0 saturated carbocycles. The number of hydrogen-bond acceptors (Lipinski definition) is 0. The predicted molar refractivity (Wildman–Crippen MR) is 95.6 cm³/mol. The number of benzene rings is 4. The standard InChI is InChI=1S/C10H7Br.C10H8/c11-10-6-5-8-3-1-2-4-9(8)7-10;1-2-6-10-8-4-3-7-9(10)5-1/h1-7H;1-8H. The van der Waals surface area contributed by atoms with E-state index >= 15 is 0 Å². The molecule has 21 heavy (non-hydrogen) atoms. The van der Waals surface area contributed by atoms with Gasteiger partial charge in [0.1, 0.15) is 0 Å². The molecular weight excluding hydrogens is 320 g/mol. The maximum atomic E-state index is 3.43. The van der Waals surface area contributed by atoms with Gasteiger partial charge in [-0.3, -0.25) is 0 Å². The quantitative estimate of drug-likeness (QED) is 0.347. The maximum Gasteiger partial charge on any atom is 0.0181 e. The van der Waals surface area contributed by atoms with E-state index in [9.17, 15) is 0 Å². The summed E-state index contributed by atoms with van der Waals surface area (Å²) >= 11 is 3.43. The molecule has 0 bridgehead atoms. The predicted octanol–water partition coefficient (Wildman–Crippen LogP) is 6.44. The lowest BCUT2D eigenvalue weighted by atomic mass is 10.1. The van der Waals surface area contributed by atoms with Crippen LogP contribution in [0.2, 0.25) is 0 Å². The molecule has 0 amide bonds.